The van der Waals surface area contributed by atoms with E-state index in [0.29, 0.717) is 17.1 Å². The maximum Gasteiger partial charge on any atom is 0.245 e. The molecular weight excluding hydrogens is 374 g/mol. The summed E-state index contributed by atoms with van der Waals surface area (Å²) in [7, 11) is -2.07. The van der Waals surface area contributed by atoms with E-state index in [4.69, 9.17) is 0 Å². The number of benzene rings is 2. The number of rotatable bonds is 5. The standard InChI is InChI=1S/C21H23N3O3S/c1-15-21(16(2)23(3)22-15)24(28(4,26)27)20(25)14-17-10-12-19(13-11-17)18-8-6-5-7-9-18/h5-13H,14H2,1-4H3. The van der Waals surface area contributed by atoms with Crippen molar-refractivity contribution in [3.63, 3.8) is 0 Å². The van der Waals surface area contributed by atoms with E-state index in [1.807, 2.05) is 54.6 Å². The maximum atomic E-state index is 12.9. The van der Waals surface area contributed by atoms with Gasteiger partial charge in [0.1, 0.15) is 5.69 Å². The Morgan fingerprint density at radius 1 is 1.00 bits per heavy atom. The molecule has 0 aliphatic rings. The van der Waals surface area contributed by atoms with Crippen LogP contribution in [0.5, 0.6) is 0 Å². The molecule has 0 fully saturated rings. The molecule has 1 heterocycles. The molecule has 0 atom stereocenters. The normalized spacial score (nSPS) is 11.4. The third-order valence-electron chi connectivity index (χ3n) is 4.65. The highest BCUT2D eigenvalue weighted by Gasteiger charge is 2.30. The summed E-state index contributed by atoms with van der Waals surface area (Å²) in [5, 5.41) is 4.24. The molecule has 3 rings (SSSR count). The van der Waals surface area contributed by atoms with Crippen LogP contribution in [0, 0.1) is 13.8 Å². The van der Waals surface area contributed by atoms with Gasteiger partial charge in [-0.3, -0.25) is 9.48 Å². The Morgan fingerprint density at radius 3 is 2.07 bits per heavy atom. The van der Waals surface area contributed by atoms with Crippen molar-refractivity contribution < 1.29 is 13.2 Å². The van der Waals surface area contributed by atoms with Crippen molar-refractivity contribution in [2.75, 3.05) is 10.6 Å². The average Bonchev–Trinajstić information content (AvgIpc) is 2.88. The fourth-order valence-electron chi connectivity index (χ4n) is 3.22. The van der Waals surface area contributed by atoms with Crippen LogP contribution in [0.2, 0.25) is 0 Å². The van der Waals surface area contributed by atoms with Crippen LogP contribution >= 0.6 is 0 Å². The van der Waals surface area contributed by atoms with Crippen LogP contribution < -0.4 is 4.31 Å². The van der Waals surface area contributed by atoms with E-state index in [2.05, 4.69) is 5.10 Å². The smallest absolute Gasteiger partial charge is 0.245 e. The topological polar surface area (TPSA) is 72.3 Å². The van der Waals surface area contributed by atoms with Crippen LogP contribution in [0.25, 0.3) is 11.1 Å². The first-order chi connectivity index (χ1) is 13.2. The molecule has 0 bridgehead atoms. The number of carbonyl (C=O) groups is 1. The first-order valence-corrected chi connectivity index (χ1v) is 10.7. The van der Waals surface area contributed by atoms with Gasteiger partial charge in [-0.15, -0.1) is 0 Å². The molecule has 0 saturated heterocycles. The van der Waals surface area contributed by atoms with E-state index in [1.54, 1.807) is 25.6 Å². The highest BCUT2D eigenvalue weighted by molar-refractivity contribution is 7.92. The maximum absolute atomic E-state index is 12.9. The lowest BCUT2D eigenvalue weighted by Gasteiger charge is -2.21. The molecule has 0 spiro atoms. The lowest BCUT2D eigenvalue weighted by Crippen LogP contribution is -2.38. The summed E-state index contributed by atoms with van der Waals surface area (Å²) >= 11 is 0. The molecule has 0 aliphatic carbocycles. The number of sulfonamides is 1. The van der Waals surface area contributed by atoms with Gasteiger partial charge in [0.25, 0.3) is 0 Å². The second-order valence-electron chi connectivity index (χ2n) is 6.80. The van der Waals surface area contributed by atoms with Gasteiger partial charge in [0, 0.05) is 7.05 Å². The molecule has 0 saturated carbocycles. The fraction of sp³-hybridized carbons (Fsp3) is 0.238. The van der Waals surface area contributed by atoms with Gasteiger partial charge in [-0.1, -0.05) is 54.6 Å². The quantitative estimate of drug-likeness (QED) is 0.663. The van der Waals surface area contributed by atoms with Crippen LogP contribution in [0.4, 0.5) is 5.69 Å². The van der Waals surface area contributed by atoms with Crippen LogP contribution in [0.3, 0.4) is 0 Å². The first kappa shape index (κ1) is 19.8. The van der Waals surface area contributed by atoms with Gasteiger partial charge in [-0.2, -0.15) is 5.10 Å². The van der Waals surface area contributed by atoms with Crippen molar-refractivity contribution in [2.45, 2.75) is 20.3 Å². The molecule has 7 heteroatoms. The zero-order chi connectivity index (χ0) is 20.5. The highest BCUT2D eigenvalue weighted by Crippen LogP contribution is 2.27. The summed E-state index contributed by atoms with van der Waals surface area (Å²) in [5.74, 6) is -0.505. The van der Waals surface area contributed by atoms with E-state index in [-0.39, 0.29) is 6.42 Å². The zero-order valence-electron chi connectivity index (χ0n) is 16.4. The number of hydrogen-bond donors (Lipinski definition) is 0. The molecule has 28 heavy (non-hydrogen) atoms. The first-order valence-electron chi connectivity index (χ1n) is 8.86. The van der Waals surface area contributed by atoms with Crippen molar-refractivity contribution >= 4 is 21.6 Å². The Bertz CT molecular complexity index is 1100. The minimum absolute atomic E-state index is 0.0179. The van der Waals surface area contributed by atoms with Gasteiger partial charge < -0.3 is 0 Å². The number of carbonyl (C=O) groups excluding carboxylic acids is 1. The van der Waals surface area contributed by atoms with Crippen molar-refractivity contribution in [2.24, 2.45) is 7.05 Å². The monoisotopic (exact) mass is 397 g/mol. The lowest BCUT2D eigenvalue weighted by atomic mass is 10.0. The molecule has 1 aromatic heterocycles. The van der Waals surface area contributed by atoms with Crippen LogP contribution in [-0.2, 0) is 28.3 Å². The summed E-state index contributed by atoms with van der Waals surface area (Å²) in [5.41, 5.74) is 4.32. The number of nitrogens with zero attached hydrogens (tertiary/aromatic N) is 3. The predicted octanol–water partition coefficient (Wildman–Crippen LogP) is 3.24. The van der Waals surface area contributed by atoms with Gasteiger partial charge in [-0.05, 0) is 30.5 Å². The van der Waals surface area contributed by atoms with E-state index >= 15 is 0 Å². The van der Waals surface area contributed by atoms with Gasteiger partial charge in [0.2, 0.25) is 15.9 Å². The van der Waals surface area contributed by atoms with Crippen LogP contribution in [0.1, 0.15) is 17.0 Å². The van der Waals surface area contributed by atoms with E-state index in [9.17, 15) is 13.2 Å². The molecule has 1 amide bonds. The van der Waals surface area contributed by atoms with Gasteiger partial charge in [0.15, 0.2) is 0 Å². The van der Waals surface area contributed by atoms with Crippen molar-refractivity contribution in [1.82, 2.24) is 9.78 Å². The number of amides is 1. The molecule has 2 aromatic carbocycles. The number of hydrogen-bond acceptors (Lipinski definition) is 4. The molecule has 0 radical (unpaired) electrons. The van der Waals surface area contributed by atoms with Crippen molar-refractivity contribution in [3.05, 3.63) is 71.5 Å². The van der Waals surface area contributed by atoms with Gasteiger partial charge in [0.05, 0.1) is 24.1 Å². The molecule has 6 nitrogen and oxygen atoms in total. The fourth-order valence-corrected chi connectivity index (χ4v) is 4.25. The Balaban J connectivity index is 1.89. The third-order valence-corrected chi connectivity index (χ3v) is 5.70. The minimum atomic E-state index is -3.79. The molecule has 0 unspecified atom stereocenters. The Morgan fingerprint density at radius 2 is 1.57 bits per heavy atom. The molecule has 0 N–H and O–H groups in total. The molecule has 3 aromatic rings. The molecular formula is C21H23N3O3S. The molecule has 146 valence electrons. The average molecular weight is 398 g/mol. The summed E-state index contributed by atoms with van der Waals surface area (Å²) < 4.78 is 27.2. The van der Waals surface area contributed by atoms with E-state index in [1.165, 1.54) is 0 Å². The SMILES string of the molecule is Cc1nn(C)c(C)c1N(C(=O)Cc1ccc(-c2ccccc2)cc1)S(C)(=O)=O. The summed E-state index contributed by atoms with van der Waals surface area (Å²) in [6, 6.07) is 17.5. The molecule has 0 aliphatic heterocycles. The lowest BCUT2D eigenvalue weighted by molar-refractivity contribution is -0.116. The van der Waals surface area contributed by atoms with Crippen molar-refractivity contribution in [3.8, 4) is 11.1 Å². The second-order valence-corrected chi connectivity index (χ2v) is 8.64. The highest BCUT2D eigenvalue weighted by atomic mass is 32.2. The summed E-state index contributed by atoms with van der Waals surface area (Å²) in [4.78, 5) is 12.9. The second kappa shape index (κ2) is 7.59. The zero-order valence-corrected chi connectivity index (χ0v) is 17.2. The van der Waals surface area contributed by atoms with Gasteiger partial charge in [-0.25, -0.2) is 12.7 Å². The van der Waals surface area contributed by atoms with E-state index < -0.39 is 15.9 Å². The number of anilines is 1. The number of aromatic nitrogens is 2. The number of aryl methyl sites for hydroxylation is 2. The Hall–Kier alpha value is -2.93. The van der Waals surface area contributed by atoms with Crippen LogP contribution in [-0.4, -0.2) is 30.4 Å². The Labute approximate surface area is 165 Å². The third kappa shape index (κ3) is 3.99. The summed E-state index contributed by atoms with van der Waals surface area (Å²) in [6.07, 6.45) is 1.02. The summed E-state index contributed by atoms with van der Waals surface area (Å²) in [6.45, 7) is 3.44. The Kier molecular flexibility index (Phi) is 5.38. The van der Waals surface area contributed by atoms with E-state index in [0.717, 1.165) is 27.3 Å². The van der Waals surface area contributed by atoms with Crippen LogP contribution in [0.15, 0.2) is 54.6 Å². The van der Waals surface area contributed by atoms with Crippen molar-refractivity contribution in [1.29, 1.82) is 0 Å². The largest absolute Gasteiger partial charge is 0.273 e. The minimum Gasteiger partial charge on any atom is -0.273 e. The predicted molar refractivity (Wildman–Crippen MR) is 111 cm³/mol. The van der Waals surface area contributed by atoms with Gasteiger partial charge >= 0.3 is 0 Å².